The van der Waals surface area contributed by atoms with Crippen molar-refractivity contribution in [2.45, 2.75) is 31.8 Å². The first kappa shape index (κ1) is 15.1. The Balaban J connectivity index is 1.88. The van der Waals surface area contributed by atoms with Gasteiger partial charge in [-0.15, -0.1) is 0 Å². The van der Waals surface area contributed by atoms with E-state index in [4.69, 9.17) is 4.74 Å². The fraction of sp³-hybridized carbons (Fsp3) is 0.571. The molecular weight excluding hydrogens is 308 g/mol. The van der Waals surface area contributed by atoms with Gasteiger partial charge in [-0.1, -0.05) is 0 Å². The number of rotatable bonds is 5. The summed E-state index contributed by atoms with van der Waals surface area (Å²) >= 11 is 0. The Morgan fingerprint density at radius 3 is 2.64 bits per heavy atom. The van der Waals surface area contributed by atoms with E-state index < -0.39 is 14.9 Å². The third kappa shape index (κ3) is 3.16. The predicted octanol–water partition coefficient (Wildman–Crippen LogP) is 2.53. The molecule has 0 saturated heterocycles. The predicted molar refractivity (Wildman–Crippen MR) is 81.4 cm³/mol. The lowest BCUT2D eigenvalue weighted by Crippen LogP contribution is -2.24. The van der Waals surface area contributed by atoms with Crippen LogP contribution in [-0.4, -0.2) is 25.7 Å². The second-order valence-electron chi connectivity index (χ2n) is 6.14. The van der Waals surface area contributed by atoms with Crippen molar-refractivity contribution in [3.8, 4) is 5.75 Å². The Bertz CT molecular complexity index is 703. The summed E-state index contributed by atoms with van der Waals surface area (Å²) in [7, 11) is -3.48. The van der Waals surface area contributed by atoms with Crippen LogP contribution in [0, 0.1) is 22.0 Å². The SMILES string of the molecule is CS(=O)(=O)Nc1ccc([N+](=O)[O-])cc1O[C@@H]1CC2CCC1C2. The maximum atomic E-state index is 11.4. The summed E-state index contributed by atoms with van der Waals surface area (Å²) in [5, 5.41) is 10.9. The zero-order chi connectivity index (χ0) is 15.9. The van der Waals surface area contributed by atoms with Crippen LogP contribution < -0.4 is 9.46 Å². The van der Waals surface area contributed by atoms with Crippen LogP contribution in [0.1, 0.15) is 25.7 Å². The van der Waals surface area contributed by atoms with Crippen LogP contribution in [0.15, 0.2) is 18.2 Å². The number of anilines is 1. The smallest absolute Gasteiger partial charge is 0.273 e. The van der Waals surface area contributed by atoms with Gasteiger partial charge in [-0.05, 0) is 43.6 Å². The summed E-state index contributed by atoms with van der Waals surface area (Å²) < 4.78 is 31.2. The van der Waals surface area contributed by atoms with Crippen molar-refractivity contribution < 1.29 is 18.1 Å². The monoisotopic (exact) mass is 326 g/mol. The van der Waals surface area contributed by atoms with Gasteiger partial charge in [0.05, 0.1) is 22.9 Å². The third-order valence-corrected chi connectivity index (χ3v) is 5.01. The van der Waals surface area contributed by atoms with Gasteiger partial charge in [0.15, 0.2) is 5.75 Å². The fourth-order valence-corrected chi connectivity index (χ4v) is 4.07. The van der Waals surface area contributed by atoms with Crippen LogP contribution in [0.2, 0.25) is 0 Å². The minimum absolute atomic E-state index is 0.0147. The van der Waals surface area contributed by atoms with E-state index in [2.05, 4.69) is 4.72 Å². The van der Waals surface area contributed by atoms with E-state index in [0.29, 0.717) is 11.8 Å². The molecule has 1 aromatic rings. The fourth-order valence-electron chi connectivity index (χ4n) is 3.50. The Kier molecular flexibility index (Phi) is 3.72. The van der Waals surface area contributed by atoms with E-state index in [1.54, 1.807) is 0 Å². The highest BCUT2D eigenvalue weighted by Crippen LogP contribution is 2.47. The summed E-state index contributed by atoms with van der Waals surface area (Å²) in [5.41, 5.74) is 0.132. The standard InChI is InChI=1S/C14H18N2O5S/c1-22(19,20)15-12-5-4-11(16(17)18)8-14(12)21-13-7-9-2-3-10(13)6-9/h4-5,8-10,13,15H,2-3,6-7H2,1H3/t9?,10?,13-/m1/s1. The number of non-ortho nitro benzene ring substituents is 1. The molecule has 0 radical (unpaired) electrons. The Labute approximate surface area is 128 Å². The first-order chi connectivity index (χ1) is 10.3. The van der Waals surface area contributed by atoms with Crippen molar-refractivity contribution in [2.75, 3.05) is 11.0 Å². The highest BCUT2D eigenvalue weighted by molar-refractivity contribution is 7.92. The van der Waals surface area contributed by atoms with Crippen molar-refractivity contribution in [1.82, 2.24) is 0 Å². The molecule has 2 saturated carbocycles. The molecule has 8 heteroatoms. The second kappa shape index (κ2) is 5.42. The Morgan fingerprint density at radius 1 is 1.32 bits per heavy atom. The molecule has 3 rings (SSSR count). The molecule has 1 aromatic carbocycles. The van der Waals surface area contributed by atoms with Gasteiger partial charge in [-0.25, -0.2) is 8.42 Å². The van der Waals surface area contributed by atoms with E-state index >= 15 is 0 Å². The molecular formula is C14H18N2O5S. The summed E-state index contributed by atoms with van der Waals surface area (Å²) in [6.07, 6.45) is 5.45. The number of ether oxygens (including phenoxy) is 1. The van der Waals surface area contributed by atoms with E-state index in [1.807, 2.05) is 0 Å². The van der Waals surface area contributed by atoms with Gasteiger partial charge in [0.1, 0.15) is 6.10 Å². The van der Waals surface area contributed by atoms with Crippen molar-refractivity contribution in [2.24, 2.45) is 11.8 Å². The van der Waals surface area contributed by atoms with Gasteiger partial charge < -0.3 is 4.74 Å². The number of fused-ring (bicyclic) bond motifs is 2. The quantitative estimate of drug-likeness (QED) is 0.662. The molecule has 3 atom stereocenters. The molecule has 2 aliphatic rings. The maximum Gasteiger partial charge on any atom is 0.273 e. The highest BCUT2D eigenvalue weighted by Gasteiger charge is 2.41. The molecule has 120 valence electrons. The summed E-state index contributed by atoms with van der Waals surface area (Å²) in [5.74, 6) is 1.37. The average Bonchev–Trinajstić information content (AvgIpc) is 3.01. The third-order valence-electron chi connectivity index (χ3n) is 4.42. The molecule has 0 heterocycles. The van der Waals surface area contributed by atoms with Crippen molar-refractivity contribution in [3.05, 3.63) is 28.3 Å². The lowest BCUT2D eigenvalue weighted by molar-refractivity contribution is -0.384. The second-order valence-corrected chi connectivity index (χ2v) is 7.89. The summed E-state index contributed by atoms with van der Waals surface area (Å²) in [6, 6.07) is 3.93. The zero-order valence-corrected chi connectivity index (χ0v) is 13.0. The lowest BCUT2D eigenvalue weighted by atomic mass is 9.98. The Hall–Kier alpha value is -1.83. The topological polar surface area (TPSA) is 98.5 Å². The van der Waals surface area contributed by atoms with Crippen LogP contribution in [0.3, 0.4) is 0 Å². The molecule has 7 nitrogen and oxygen atoms in total. The average molecular weight is 326 g/mol. The minimum atomic E-state index is -3.48. The maximum absolute atomic E-state index is 11.4. The van der Waals surface area contributed by atoms with Gasteiger partial charge in [-0.2, -0.15) is 0 Å². The first-order valence-electron chi connectivity index (χ1n) is 7.25. The van der Waals surface area contributed by atoms with Gasteiger partial charge in [-0.3, -0.25) is 14.8 Å². The molecule has 0 spiro atoms. The Morgan fingerprint density at radius 2 is 2.09 bits per heavy atom. The molecule has 22 heavy (non-hydrogen) atoms. The molecule has 0 aliphatic heterocycles. The van der Waals surface area contributed by atoms with Crippen LogP contribution >= 0.6 is 0 Å². The highest BCUT2D eigenvalue weighted by atomic mass is 32.2. The van der Waals surface area contributed by atoms with E-state index in [1.165, 1.54) is 24.6 Å². The minimum Gasteiger partial charge on any atom is -0.488 e. The molecule has 2 unspecified atom stereocenters. The number of hydrogen-bond acceptors (Lipinski definition) is 5. The van der Waals surface area contributed by atoms with Crippen LogP contribution in [-0.2, 0) is 10.0 Å². The molecule has 0 aromatic heterocycles. The van der Waals surface area contributed by atoms with Gasteiger partial charge in [0.25, 0.3) is 5.69 Å². The van der Waals surface area contributed by atoms with Gasteiger partial charge in [0.2, 0.25) is 10.0 Å². The number of nitro benzene ring substituents is 1. The van der Waals surface area contributed by atoms with Crippen molar-refractivity contribution in [1.29, 1.82) is 0 Å². The molecule has 2 bridgehead atoms. The first-order valence-corrected chi connectivity index (χ1v) is 9.14. The van der Waals surface area contributed by atoms with Crippen molar-refractivity contribution >= 4 is 21.4 Å². The number of benzene rings is 1. The lowest BCUT2D eigenvalue weighted by Gasteiger charge is -2.24. The number of sulfonamides is 1. The van der Waals surface area contributed by atoms with Crippen LogP contribution in [0.5, 0.6) is 5.75 Å². The van der Waals surface area contributed by atoms with Gasteiger partial charge in [0, 0.05) is 6.07 Å². The summed E-state index contributed by atoms with van der Waals surface area (Å²) in [6.45, 7) is 0. The molecule has 2 fully saturated rings. The van der Waals surface area contributed by atoms with Crippen LogP contribution in [0.25, 0.3) is 0 Å². The largest absolute Gasteiger partial charge is 0.488 e. The normalized spacial score (nSPS) is 26.9. The van der Waals surface area contributed by atoms with Crippen molar-refractivity contribution in [3.63, 3.8) is 0 Å². The number of nitro groups is 1. The number of nitrogens with one attached hydrogen (secondary N) is 1. The van der Waals surface area contributed by atoms with E-state index in [-0.39, 0.29) is 23.2 Å². The summed E-state index contributed by atoms with van der Waals surface area (Å²) in [4.78, 5) is 10.4. The van der Waals surface area contributed by atoms with E-state index in [0.717, 1.165) is 25.5 Å². The molecule has 1 N–H and O–H groups in total. The van der Waals surface area contributed by atoms with E-state index in [9.17, 15) is 18.5 Å². The molecule has 0 amide bonds. The van der Waals surface area contributed by atoms with Crippen LogP contribution in [0.4, 0.5) is 11.4 Å². The number of nitrogens with zero attached hydrogens (tertiary/aromatic N) is 1. The number of hydrogen-bond donors (Lipinski definition) is 1. The zero-order valence-electron chi connectivity index (χ0n) is 12.2. The van der Waals surface area contributed by atoms with Gasteiger partial charge >= 0.3 is 0 Å². The molecule has 2 aliphatic carbocycles.